The van der Waals surface area contributed by atoms with Gasteiger partial charge in [-0.3, -0.25) is 5.32 Å². The molecule has 0 radical (unpaired) electrons. The maximum Gasteiger partial charge on any atom is 0.322 e. The maximum absolute atomic E-state index is 11.9. The van der Waals surface area contributed by atoms with E-state index in [1.165, 1.54) is 4.90 Å². The van der Waals surface area contributed by atoms with Gasteiger partial charge in [0.1, 0.15) is 11.6 Å². The molecular formula is C18H21N7OS. The smallest absolute Gasteiger partial charge is 0.322 e. The van der Waals surface area contributed by atoms with Crippen LogP contribution in [0.1, 0.15) is 6.42 Å². The van der Waals surface area contributed by atoms with Crippen LogP contribution in [0.2, 0.25) is 0 Å². The van der Waals surface area contributed by atoms with E-state index in [1.807, 2.05) is 17.5 Å². The zero-order chi connectivity index (χ0) is 18.8. The zero-order valence-corrected chi connectivity index (χ0v) is 16.0. The van der Waals surface area contributed by atoms with E-state index in [2.05, 4.69) is 25.9 Å². The lowest BCUT2D eigenvalue weighted by Gasteiger charge is -2.14. The van der Waals surface area contributed by atoms with Crippen LogP contribution < -0.4 is 16.0 Å². The molecule has 1 fully saturated rings. The maximum atomic E-state index is 11.9. The number of aromatic nitrogens is 3. The number of thiophene rings is 1. The minimum atomic E-state index is -0.232. The molecule has 0 aliphatic carbocycles. The first-order chi connectivity index (χ1) is 13.1. The SMILES string of the molecule is CN(C)C(=O)Nc1cc(-c2nc(N[C@@H]3CCNC3)c3sccc3n2)ccn1. The summed E-state index contributed by atoms with van der Waals surface area (Å²) in [6, 6.07) is 5.77. The molecule has 0 unspecified atom stereocenters. The Hall–Kier alpha value is -2.78. The Morgan fingerprint density at radius 3 is 3.00 bits per heavy atom. The number of hydrogen-bond acceptors (Lipinski definition) is 7. The van der Waals surface area contributed by atoms with E-state index in [9.17, 15) is 4.79 Å². The number of hydrogen-bond donors (Lipinski definition) is 3. The van der Waals surface area contributed by atoms with Crippen LogP contribution in [0, 0.1) is 0 Å². The predicted octanol–water partition coefficient (Wildman–Crippen LogP) is 2.62. The Morgan fingerprint density at radius 1 is 1.33 bits per heavy atom. The summed E-state index contributed by atoms with van der Waals surface area (Å²) < 4.78 is 1.06. The normalized spacial score (nSPS) is 16.4. The summed E-state index contributed by atoms with van der Waals surface area (Å²) in [4.78, 5) is 27.0. The van der Waals surface area contributed by atoms with E-state index >= 15 is 0 Å². The van der Waals surface area contributed by atoms with Gasteiger partial charge < -0.3 is 15.5 Å². The first-order valence-electron chi connectivity index (χ1n) is 8.77. The van der Waals surface area contributed by atoms with Crippen molar-refractivity contribution in [1.82, 2.24) is 25.2 Å². The predicted molar refractivity (Wildman–Crippen MR) is 108 cm³/mol. The molecule has 27 heavy (non-hydrogen) atoms. The molecule has 1 atom stereocenters. The number of fused-ring (bicyclic) bond motifs is 1. The van der Waals surface area contributed by atoms with Crippen LogP contribution in [-0.4, -0.2) is 59.1 Å². The second-order valence-electron chi connectivity index (χ2n) is 6.62. The molecule has 0 spiro atoms. The Labute approximate surface area is 161 Å². The van der Waals surface area contributed by atoms with Crippen molar-refractivity contribution in [3.63, 3.8) is 0 Å². The van der Waals surface area contributed by atoms with Crippen LogP contribution in [0.3, 0.4) is 0 Å². The fraction of sp³-hybridized carbons (Fsp3) is 0.333. The van der Waals surface area contributed by atoms with E-state index in [-0.39, 0.29) is 6.03 Å². The van der Waals surface area contributed by atoms with Crippen LogP contribution in [0.4, 0.5) is 16.4 Å². The summed E-state index contributed by atoms with van der Waals surface area (Å²) in [6.45, 7) is 1.95. The number of carbonyl (C=O) groups excluding carboxylic acids is 1. The Bertz CT molecular complexity index is 965. The molecule has 1 aliphatic heterocycles. The number of anilines is 2. The van der Waals surface area contributed by atoms with Crippen LogP contribution in [0.25, 0.3) is 21.6 Å². The molecule has 2 amide bonds. The zero-order valence-electron chi connectivity index (χ0n) is 15.2. The second kappa shape index (κ2) is 7.45. The molecular weight excluding hydrogens is 362 g/mol. The fourth-order valence-corrected chi connectivity index (χ4v) is 3.70. The summed E-state index contributed by atoms with van der Waals surface area (Å²) in [5, 5.41) is 11.7. The van der Waals surface area contributed by atoms with Crippen molar-refractivity contribution in [2.24, 2.45) is 0 Å². The first kappa shape index (κ1) is 17.6. The van der Waals surface area contributed by atoms with Crippen molar-refractivity contribution in [2.75, 3.05) is 37.8 Å². The average molecular weight is 383 g/mol. The Morgan fingerprint density at radius 2 is 2.22 bits per heavy atom. The van der Waals surface area contributed by atoms with E-state index in [1.54, 1.807) is 37.7 Å². The molecule has 4 heterocycles. The minimum Gasteiger partial charge on any atom is -0.365 e. The van der Waals surface area contributed by atoms with Gasteiger partial charge in [-0.05, 0) is 36.5 Å². The van der Waals surface area contributed by atoms with Gasteiger partial charge in [-0.1, -0.05) is 0 Å². The number of nitrogens with zero attached hydrogens (tertiary/aromatic N) is 4. The molecule has 0 bridgehead atoms. The standard InChI is InChI=1S/C18H21N7OS/c1-25(2)18(26)23-14-9-11(3-7-20-14)16-22-13-5-8-27-15(13)17(24-16)21-12-4-6-19-10-12/h3,5,7-9,12,19H,4,6,10H2,1-2H3,(H,20,23,26)(H,21,22,24)/t12-/m1/s1. The molecule has 1 aliphatic rings. The number of urea groups is 1. The highest BCUT2D eigenvalue weighted by atomic mass is 32.1. The van der Waals surface area contributed by atoms with Gasteiger partial charge in [-0.15, -0.1) is 11.3 Å². The molecule has 0 saturated carbocycles. The van der Waals surface area contributed by atoms with Crippen molar-refractivity contribution in [1.29, 1.82) is 0 Å². The Balaban J connectivity index is 1.68. The van der Waals surface area contributed by atoms with Gasteiger partial charge in [0.25, 0.3) is 0 Å². The molecule has 3 aromatic rings. The average Bonchev–Trinajstić information content (AvgIpc) is 3.33. The minimum absolute atomic E-state index is 0.232. The second-order valence-corrected chi connectivity index (χ2v) is 7.54. The van der Waals surface area contributed by atoms with Crippen LogP contribution >= 0.6 is 11.3 Å². The topological polar surface area (TPSA) is 95.1 Å². The largest absolute Gasteiger partial charge is 0.365 e. The number of carbonyl (C=O) groups is 1. The lowest BCUT2D eigenvalue weighted by atomic mass is 10.2. The summed E-state index contributed by atoms with van der Waals surface area (Å²) in [5.41, 5.74) is 1.72. The van der Waals surface area contributed by atoms with Gasteiger partial charge in [0.05, 0.1) is 10.2 Å². The van der Waals surface area contributed by atoms with Gasteiger partial charge >= 0.3 is 6.03 Å². The molecule has 3 N–H and O–H groups in total. The van der Waals surface area contributed by atoms with Crippen molar-refractivity contribution < 1.29 is 4.79 Å². The number of nitrogens with one attached hydrogen (secondary N) is 3. The van der Waals surface area contributed by atoms with Crippen molar-refractivity contribution in [2.45, 2.75) is 12.5 Å². The fourth-order valence-electron chi connectivity index (χ4n) is 2.92. The quantitative estimate of drug-likeness (QED) is 0.641. The molecule has 1 saturated heterocycles. The van der Waals surface area contributed by atoms with E-state index in [0.717, 1.165) is 41.1 Å². The van der Waals surface area contributed by atoms with Crippen molar-refractivity contribution >= 4 is 39.2 Å². The highest BCUT2D eigenvalue weighted by Crippen LogP contribution is 2.30. The number of pyridine rings is 1. The highest BCUT2D eigenvalue weighted by Gasteiger charge is 2.18. The number of rotatable bonds is 4. The third-order valence-electron chi connectivity index (χ3n) is 4.36. The lowest BCUT2D eigenvalue weighted by Crippen LogP contribution is -2.27. The first-order valence-corrected chi connectivity index (χ1v) is 9.65. The van der Waals surface area contributed by atoms with E-state index in [0.29, 0.717) is 17.7 Å². The molecule has 8 nitrogen and oxygen atoms in total. The van der Waals surface area contributed by atoms with Crippen LogP contribution in [0.5, 0.6) is 0 Å². The van der Waals surface area contributed by atoms with Gasteiger partial charge in [-0.2, -0.15) is 0 Å². The van der Waals surface area contributed by atoms with E-state index < -0.39 is 0 Å². The van der Waals surface area contributed by atoms with Crippen molar-refractivity contribution in [3.8, 4) is 11.4 Å². The molecule has 0 aromatic carbocycles. The van der Waals surface area contributed by atoms with Gasteiger partial charge in [0, 0.05) is 38.4 Å². The highest BCUT2D eigenvalue weighted by molar-refractivity contribution is 7.17. The summed E-state index contributed by atoms with van der Waals surface area (Å²) >= 11 is 1.63. The van der Waals surface area contributed by atoms with Crippen molar-refractivity contribution in [3.05, 3.63) is 29.8 Å². The molecule has 140 valence electrons. The van der Waals surface area contributed by atoms with Gasteiger partial charge in [0.15, 0.2) is 5.82 Å². The molecule has 9 heteroatoms. The third kappa shape index (κ3) is 3.83. The Kier molecular flexibility index (Phi) is 4.87. The van der Waals surface area contributed by atoms with Crippen LogP contribution in [-0.2, 0) is 0 Å². The molecule has 4 rings (SSSR count). The summed E-state index contributed by atoms with van der Waals surface area (Å²) in [5.74, 6) is 1.93. The summed E-state index contributed by atoms with van der Waals surface area (Å²) in [7, 11) is 3.37. The molecule has 3 aromatic heterocycles. The van der Waals surface area contributed by atoms with E-state index in [4.69, 9.17) is 4.98 Å². The van der Waals surface area contributed by atoms with Gasteiger partial charge in [-0.25, -0.2) is 19.7 Å². The van der Waals surface area contributed by atoms with Gasteiger partial charge in [0.2, 0.25) is 0 Å². The lowest BCUT2D eigenvalue weighted by molar-refractivity contribution is 0.230. The number of amides is 2. The monoisotopic (exact) mass is 383 g/mol. The summed E-state index contributed by atoms with van der Waals surface area (Å²) in [6.07, 6.45) is 2.72. The van der Waals surface area contributed by atoms with Crippen LogP contribution in [0.15, 0.2) is 29.8 Å². The third-order valence-corrected chi connectivity index (χ3v) is 5.27.